The van der Waals surface area contributed by atoms with E-state index in [4.69, 9.17) is 0 Å². The van der Waals surface area contributed by atoms with Gasteiger partial charge in [0.15, 0.2) is 0 Å². The van der Waals surface area contributed by atoms with Gasteiger partial charge in [-0.1, -0.05) is 58.8 Å². The molecule has 0 radical (unpaired) electrons. The van der Waals surface area contributed by atoms with Crippen molar-refractivity contribution in [2.75, 3.05) is 0 Å². The summed E-state index contributed by atoms with van der Waals surface area (Å²) in [7, 11) is 0. The van der Waals surface area contributed by atoms with E-state index in [-0.39, 0.29) is 0 Å². The Morgan fingerprint density at radius 3 is 2.20 bits per heavy atom. The summed E-state index contributed by atoms with van der Waals surface area (Å²) in [5.41, 5.74) is 0.650. The fourth-order valence-corrected chi connectivity index (χ4v) is 3.95. The van der Waals surface area contributed by atoms with E-state index in [0.717, 1.165) is 11.8 Å². The third-order valence-electron chi connectivity index (χ3n) is 4.70. The first kappa shape index (κ1) is 11.5. The Morgan fingerprint density at radius 2 is 1.53 bits per heavy atom. The molecule has 2 fully saturated rings. The normalized spacial score (nSPS) is 32.8. The molecule has 88 valence electrons. The average Bonchev–Trinajstić information content (AvgIpc) is 2.17. The van der Waals surface area contributed by atoms with Gasteiger partial charge in [0.25, 0.3) is 0 Å². The Bertz CT molecular complexity index is 186. The van der Waals surface area contributed by atoms with Crippen molar-refractivity contribution in [1.82, 2.24) is 0 Å². The van der Waals surface area contributed by atoms with Gasteiger partial charge in [-0.05, 0) is 36.5 Å². The summed E-state index contributed by atoms with van der Waals surface area (Å²) < 4.78 is 0. The molecule has 0 aliphatic heterocycles. The molecule has 2 rings (SSSR count). The number of hydrogen-bond acceptors (Lipinski definition) is 0. The molecule has 0 spiro atoms. The maximum absolute atomic E-state index is 2.47. The molecular formula is C15H28. The quantitative estimate of drug-likeness (QED) is 0.587. The predicted molar refractivity (Wildman–Crippen MR) is 66.9 cm³/mol. The Balaban J connectivity index is 1.78. The van der Waals surface area contributed by atoms with Crippen molar-refractivity contribution in [3.8, 4) is 0 Å². The summed E-state index contributed by atoms with van der Waals surface area (Å²) in [5.74, 6) is 2.16. The molecule has 2 aliphatic carbocycles. The predicted octanol–water partition coefficient (Wildman–Crippen LogP) is 5.17. The Hall–Kier alpha value is 0. The second-order valence-corrected chi connectivity index (χ2v) is 6.87. The molecular weight excluding hydrogens is 180 g/mol. The van der Waals surface area contributed by atoms with E-state index in [1.54, 1.807) is 6.42 Å². The highest BCUT2D eigenvalue weighted by Gasteiger charge is 2.29. The van der Waals surface area contributed by atoms with Crippen LogP contribution in [0.3, 0.4) is 0 Å². The molecule has 1 unspecified atom stereocenters. The van der Waals surface area contributed by atoms with Crippen molar-refractivity contribution in [1.29, 1.82) is 0 Å². The van der Waals surface area contributed by atoms with Gasteiger partial charge in [0.2, 0.25) is 0 Å². The largest absolute Gasteiger partial charge is 0.0599 e. The molecule has 0 N–H and O–H groups in total. The van der Waals surface area contributed by atoms with Crippen molar-refractivity contribution >= 4 is 0 Å². The monoisotopic (exact) mass is 208 g/mol. The van der Waals surface area contributed by atoms with E-state index in [2.05, 4.69) is 13.8 Å². The molecule has 0 aromatic heterocycles. The lowest BCUT2D eigenvalue weighted by Crippen LogP contribution is -2.24. The Kier molecular flexibility index (Phi) is 3.74. The van der Waals surface area contributed by atoms with Crippen LogP contribution in [0.15, 0.2) is 0 Å². The minimum atomic E-state index is 0.650. The zero-order valence-corrected chi connectivity index (χ0v) is 10.7. The fourth-order valence-electron chi connectivity index (χ4n) is 3.95. The van der Waals surface area contributed by atoms with Gasteiger partial charge in [0.1, 0.15) is 0 Å². The summed E-state index contributed by atoms with van der Waals surface area (Å²) >= 11 is 0. The Labute approximate surface area is 95.8 Å². The molecule has 0 bridgehead atoms. The second-order valence-electron chi connectivity index (χ2n) is 6.87. The van der Waals surface area contributed by atoms with Crippen molar-refractivity contribution < 1.29 is 0 Å². The molecule has 0 saturated heterocycles. The van der Waals surface area contributed by atoms with Gasteiger partial charge in [-0.3, -0.25) is 0 Å². The maximum atomic E-state index is 2.47. The second kappa shape index (κ2) is 4.89. The number of rotatable bonds is 2. The summed E-state index contributed by atoms with van der Waals surface area (Å²) in [5, 5.41) is 0. The molecule has 15 heavy (non-hydrogen) atoms. The van der Waals surface area contributed by atoms with Crippen LogP contribution in [-0.2, 0) is 0 Å². The van der Waals surface area contributed by atoms with Gasteiger partial charge in [-0.15, -0.1) is 0 Å². The summed E-state index contributed by atoms with van der Waals surface area (Å²) in [6.07, 6.45) is 15.2. The SMILES string of the molecule is CC1(C)CCCC(CC2CCCCC2)C1. The van der Waals surface area contributed by atoms with Crippen LogP contribution in [0, 0.1) is 17.3 Å². The van der Waals surface area contributed by atoms with Crippen LogP contribution in [-0.4, -0.2) is 0 Å². The molecule has 2 saturated carbocycles. The van der Waals surface area contributed by atoms with Crippen molar-refractivity contribution in [2.24, 2.45) is 17.3 Å². The number of hydrogen-bond donors (Lipinski definition) is 0. The van der Waals surface area contributed by atoms with Gasteiger partial charge in [-0.25, -0.2) is 0 Å². The third kappa shape index (κ3) is 3.50. The molecule has 0 aromatic rings. The summed E-state index contributed by atoms with van der Waals surface area (Å²) in [6, 6.07) is 0. The smallest absolute Gasteiger partial charge is 0.0352 e. The van der Waals surface area contributed by atoms with Crippen LogP contribution in [0.1, 0.15) is 78.1 Å². The summed E-state index contributed by atoms with van der Waals surface area (Å²) in [4.78, 5) is 0. The fraction of sp³-hybridized carbons (Fsp3) is 1.00. The molecule has 2 aliphatic rings. The lowest BCUT2D eigenvalue weighted by atomic mass is 9.69. The highest BCUT2D eigenvalue weighted by atomic mass is 14.3. The highest BCUT2D eigenvalue weighted by molar-refractivity contribution is 4.81. The lowest BCUT2D eigenvalue weighted by Gasteiger charge is -2.37. The van der Waals surface area contributed by atoms with Gasteiger partial charge in [0.05, 0.1) is 0 Å². The van der Waals surface area contributed by atoms with Gasteiger partial charge in [-0.2, -0.15) is 0 Å². The van der Waals surface area contributed by atoms with Gasteiger partial charge >= 0.3 is 0 Å². The van der Waals surface area contributed by atoms with E-state index in [1.165, 1.54) is 57.8 Å². The molecule has 0 heteroatoms. The zero-order chi connectivity index (χ0) is 10.7. The topological polar surface area (TPSA) is 0 Å². The molecule has 1 atom stereocenters. The third-order valence-corrected chi connectivity index (χ3v) is 4.70. The summed E-state index contributed by atoms with van der Waals surface area (Å²) in [6.45, 7) is 4.94. The zero-order valence-electron chi connectivity index (χ0n) is 10.7. The minimum Gasteiger partial charge on any atom is -0.0599 e. The standard InChI is InChI=1S/C15H28/c1-15(2)10-6-9-14(12-15)11-13-7-4-3-5-8-13/h13-14H,3-12H2,1-2H3. The van der Waals surface area contributed by atoms with Crippen LogP contribution >= 0.6 is 0 Å². The first-order chi connectivity index (χ1) is 7.16. The first-order valence-corrected chi connectivity index (χ1v) is 7.16. The molecule has 0 aromatic carbocycles. The lowest BCUT2D eigenvalue weighted by molar-refractivity contribution is 0.148. The minimum absolute atomic E-state index is 0.650. The van der Waals surface area contributed by atoms with E-state index in [1.807, 2.05) is 0 Å². The van der Waals surface area contributed by atoms with Crippen LogP contribution < -0.4 is 0 Å². The van der Waals surface area contributed by atoms with Gasteiger partial charge in [0, 0.05) is 0 Å². The van der Waals surface area contributed by atoms with E-state index in [9.17, 15) is 0 Å². The first-order valence-electron chi connectivity index (χ1n) is 7.16. The molecule has 0 amide bonds. The van der Waals surface area contributed by atoms with Crippen molar-refractivity contribution in [2.45, 2.75) is 78.1 Å². The molecule has 0 heterocycles. The van der Waals surface area contributed by atoms with Crippen LogP contribution in [0.4, 0.5) is 0 Å². The van der Waals surface area contributed by atoms with E-state index in [0.29, 0.717) is 5.41 Å². The van der Waals surface area contributed by atoms with Crippen LogP contribution in [0.2, 0.25) is 0 Å². The average molecular weight is 208 g/mol. The van der Waals surface area contributed by atoms with Crippen LogP contribution in [0.25, 0.3) is 0 Å². The van der Waals surface area contributed by atoms with Crippen molar-refractivity contribution in [3.05, 3.63) is 0 Å². The van der Waals surface area contributed by atoms with E-state index < -0.39 is 0 Å². The van der Waals surface area contributed by atoms with Crippen LogP contribution in [0.5, 0.6) is 0 Å². The highest BCUT2D eigenvalue weighted by Crippen LogP contribution is 2.42. The van der Waals surface area contributed by atoms with Gasteiger partial charge < -0.3 is 0 Å². The Morgan fingerprint density at radius 1 is 0.867 bits per heavy atom. The van der Waals surface area contributed by atoms with Crippen molar-refractivity contribution in [3.63, 3.8) is 0 Å². The van der Waals surface area contributed by atoms with E-state index >= 15 is 0 Å². The maximum Gasteiger partial charge on any atom is -0.0352 e. The molecule has 0 nitrogen and oxygen atoms in total.